The zero-order chi connectivity index (χ0) is 35.2. The van der Waals surface area contributed by atoms with E-state index in [4.69, 9.17) is 20.8 Å². The van der Waals surface area contributed by atoms with Crippen LogP contribution in [-0.2, 0) is 31.4 Å². The monoisotopic (exact) mass is 697 g/mol. The Morgan fingerprint density at radius 1 is 1.10 bits per heavy atom. The largest absolute Gasteiger partial charge is 0.444 e. The molecular formula is C34H31ClF3N5O6. The lowest BCUT2D eigenvalue weighted by Gasteiger charge is -2.29. The number of amides is 2. The van der Waals surface area contributed by atoms with E-state index in [2.05, 4.69) is 20.0 Å². The van der Waals surface area contributed by atoms with E-state index in [9.17, 15) is 23.5 Å². The van der Waals surface area contributed by atoms with E-state index in [-0.39, 0.29) is 68.1 Å². The Morgan fingerprint density at radius 3 is 2.53 bits per heavy atom. The fraction of sp³-hybridized carbons (Fsp3) is 0.294. The predicted molar refractivity (Wildman–Crippen MR) is 174 cm³/mol. The summed E-state index contributed by atoms with van der Waals surface area (Å²) in [6.07, 6.45) is 0.0140. The van der Waals surface area contributed by atoms with Gasteiger partial charge in [0.1, 0.15) is 22.7 Å². The zero-order valence-electron chi connectivity index (χ0n) is 26.8. The van der Waals surface area contributed by atoms with Crippen molar-refractivity contribution in [1.29, 1.82) is 0 Å². The Morgan fingerprint density at radius 2 is 1.82 bits per heavy atom. The molecule has 3 heterocycles. The molecule has 2 N–H and O–H groups in total. The summed E-state index contributed by atoms with van der Waals surface area (Å²) in [6.45, 7) is 2.23. The van der Waals surface area contributed by atoms with Crippen LogP contribution in [0.4, 0.5) is 23.7 Å². The van der Waals surface area contributed by atoms with Gasteiger partial charge in [-0.15, -0.1) is 0 Å². The number of ether oxygens (including phenoxy) is 2. The number of halogens is 4. The average Bonchev–Trinajstić information content (AvgIpc) is 3.60. The summed E-state index contributed by atoms with van der Waals surface area (Å²) in [5, 5.41) is 12.4. The van der Waals surface area contributed by atoms with Crippen LogP contribution in [0.25, 0.3) is 33.7 Å². The Labute approximate surface area is 283 Å². The molecule has 0 bridgehead atoms. The topological polar surface area (TPSA) is 132 Å². The minimum absolute atomic E-state index is 0.0416. The van der Waals surface area contributed by atoms with Crippen molar-refractivity contribution in [3.8, 4) is 28.3 Å². The van der Waals surface area contributed by atoms with Crippen molar-refractivity contribution in [1.82, 2.24) is 19.4 Å². The summed E-state index contributed by atoms with van der Waals surface area (Å²) < 4.78 is 59.2. The number of fused-ring (bicyclic) bond motifs is 2. The Bertz CT molecular complexity index is 2090. The third-order valence-electron chi connectivity index (χ3n) is 7.83. The van der Waals surface area contributed by atoms with Crippen molar-refractivity contribution < 1.29 is 41.8 Å². The average molecular weight is 698 g/mol. The molecule has 0 saturated carbocycles. The first-order chi connectivity index (χ1) is 23.2. The maximum Gasteiger partial charge on any atom is 0.410 e. The van der Waals surface area contributed by atoms with Gasteiger partial charge in [0.05, 0.1) is 35.1 Å². The van der Waals surface area contributed by atoms with Crippen LogP contribution in [0.1, 0.15) is 48.3 Å². The highest BCUT2D eigenvalue weighted by Crippen LogP contribution is 2.39. The number of benzene rings is 3. The van der Waals surface area contributed by atoms with Gasteiger partial charge in [0.2, 0.25) is 5.89 Å². The van der Waals surface area contributed by atoms with Crippen molar-refractivity contribution in [3.63, 3.8) is 0 Å². The van der Waals surface area contributed by atoms with Gasteiger partial charge in [0, 0.05) is 48.5 Å². The molecule has 2 aromatic heterocycles. The van der Waals surface area contributed by atoms with Gasteiger partial charge < -0.3 is 33.8 Å². The first-order valence-electron chi connectivity index (χ1n) is 15.1. The highest BCUT2D eigenvalue weighted by atomic mass is 35.5. The molecule has 0 fully saturated rings. The summed E-state index contributed by atoms with van der Waals surface area (Å²) in [4.78, 5) is 36.4. The quantitative estimate of drug-likeness (QED) is 0.181. The number of rotatable bonds is 7. The third kappa shape index (κ3) is 6.78. The maximum atomic E-state index is 16.1. The summed E-state index contributed by atoms with van der Waals surface area (Å²) in [5.41, 5.74) is 1.54. The van der Waals surface area contributed by atoms with E-state index < -0.39 is 36.6 Å². The first kappa shape index (κ1) is 33.8. The molecule has 0 radical (unpaired) electrons. The molecule has 1 aliphatic heterocycles. The van der Waals surface area contributed by atoms with Crippen LogP contribution < -0.4 is 10.1 Å². The predicted octanol–water partition coefficient (Wildman–Crippen LogP) is 7.33. The number of carbonyl (C=O) groups is 2. The van der Waals surface area contributed by atoms with E-state index >= 15 is 4.39 Å². The van der Waals surface area contributed by atoms with Crippen molar-refractivity contribution in [2.24, 2.45) is 7.05 Å². The molecular weight excluding hydrogens is 667 g/mol. The number of carbonyl (C=O) groups excluding carboxylic acids is 2. The van der Waals surface area contributed by atoms with E-state index in [1.807, 2.05) is 0 Å². The van der Waals surface area contributed by atoms with Crippen LogP contribution in [0.2, 0.25) is 5.02 Å². The van der Waals surface area contributed by atoms with Crippen LogP contribution in [-0.4, -0.2) is 55.3 Å². The smallest absolute Gasteiger partial charge is 0.410 e. The molecule has 11 nitrogen and oxygen atoms in total. The van der Waals surface area contributed by atoms with E-state index in [1.165, 1.54) is 23.1 Å². The number of aromatic nitrogens is 3. The van der Waals surface area contributed by atoms with Crippen LogP contribution in [0.15, 0.2) is 52.9 Å². The highest BCUT2D eigenvalue weighted by molar-refractivity contribution is 6.36. The fourth-order valence-electron chi connectivity index (χ4n) is 5.58. The van der Waals surface area contributed by atoms with Crippen molar-refractivity contribution in [3.05, 3.63) is 82.1 Å². The molecule has 15 heteroatoms. The lowest BCUT2D eigenvalue weighted by atomic mass is 10.0. The lowest BCUT2D eigenvalue weighted by molar-refractivity contribution is -0.0508. The molecule has 0 atom stereocenters. The summed E-state index contributed by atoms with van der Waals surface area (Å²) in [7, 11) is 1.71. The molecule has 3 aromatic carbocycles. The molecule has 0 spiro atoms. The molecule has 2 amide bonds. The van der Waals surface area contributed by atoms with E-state index in [0.29, 0.717) is 18.7 Å². The Hall–Kier alpha value is -5.08. The molecule has 256 valence electrons. The zero-order valence-corrected chi connectivity index (χ0v) is 27.6. The van der Waals surface area contributed by atoms with Gasteiger partial charge in [-0.3, -0.25) is 4.79 Å². The number of anilines is 1. The second-order valence-electron chi connectivity index (χ2n) is 12.3. The SMILES string of the molecule is Cn1c(C(=O)Nc2cccc(-c3cccc(-c4nc5cc(CO)c(OC(F)F)cc5o4)c3F)c2Cl)nc2c1CCN(C(=O)OC(C)(C)C)C2. The maximum absolute atomic E-state index is 16.1. The number of hydrogen-bond donors (Lipinski definition) is 2. The number of nitrogens with one attached hydrogen (secondary N) is 1. The summed E-state index contributed by atoms with van der Waals surface area (Å²) in [5.74, 6) is -1.62. The number of nitrogens with zero attached hydrogens (tertiary/aromatic N) is 4. The van der Waals surface area contributed by atoms with Crippen LogP contribution in [0.3, 0.4) is 0 Å². The van der Waals surface area contributed by atoms with Gasteiger partial charge in [0.25, 0.3) is 5.91 Å². The second-order valence-corrected chi connectivity index (χ2v) is 12.7. The van der Waals surface area contributed by atoms with Gasteiger partial charge in [-0.25, -0.2) is 19.2 Å². The number of hydrogen-bond acceptors (Lipinski definition) is 8. The van der Waals surface area contributed by atoms with Crippen LogP contribution in [0.5, 0.6) is 5.75 Å². The minimum atomic E-state index is -3.13. The standard InChI is InChI=1S/C34H31ClF3N5O6/c1-34(2,3)49-33(46)43-12-11-24-23(15-43)39-29(42(24)4)30(45)40-21-10-6-7-18(27(21)35)19-8-5-9-20(28(19)36)31-41-22-13-17(16-44)25(48-32(37)38)14-26(22)47-31/h5-10,13-14,32,44H,11-12,15-16H2,1-4H3,(H,40,45). The van der Waals surface area contributed by atoms with Gasteiger partial charge in [-0.05, 0) is 39.0 Å². The highest BCUT2D eigenvalue weighted by Gasteiger charge is 2.30. The van der Waals surface area contributed by atoms with Crippen LogP contribution in [0, 0.1) is 5.82 Å². The van der Waals surface area contributed by atoms with E-state index in [0.717, 1.165) is 11.8 Å². The molecule has 0 saturated heterocycles. The van der Waals surface area contributed by atoms with Gasteiger partial charge in [-0.1, -0.05) is 35.9 Å². The van der Waals surface area contributed by atoms with Gasteiger partial charge in [-0.2, -0.15) is 8.78 Å². The number of imidazole rings is 1. The number of aliphatic hydroxyl groups excluding tert-OH is 1. The van der Waals surface area contributed by atoms with Gasteiger partial charge >= 0.3 is 12.7 Å². The molecule has 0 aliphatic carbocycles. The van der Waals surface area contributed by atoms with E-state index in [1.54, 1.807) is 56.7 Å². The van der Waals surface area contributed by atoms with Gasteiger partial charge in [0.15, 0.2) is 11.4 Å². The minimum Gasteiger partial charge on any atom is -0.444 e. The molecule has 5 aromatic rings. The molecule has 1 aliphatic rings. The summed E-state index contributed by atoms with van der Waals surface area (Å²) in [6, 6.07) is 11.7. The fourth-order valence-corrected chi connectivity index (χ4v) is 5.85. The van der Waals surface area contributed by atoms with Crippen molar-refractivity contribution >= 4 is 40.4 Å². The van der Waals surface area contributed by atoms with Crippen molar-refractivity contribution in [2.45, 2.75) is 52.6 Å². The Balaban J connectivity index is 1.26. The number of alkyl halides is 2. The van der Waals surface area contributed by atoms with Crippen molar-refractivity contribution in [2.75, 3.05) is 11.9 Å². The normalized spacial score (nSPS) is 13.1. The lowest BCUT2D eigenvalue weighted by Crippen LogP contribution is -2.40. The Kier molecular flexibility index (Phi) is 9.03. The number of oxazole rings is 1. The molecule has 49 heavy (non-hydrogen) atoms. The summed E-state index contributed by atoms with van der Waals surface area (Å²) >= 11 is 6.74. The van der Waals surface area contributed by atoms with Crippen LogP contribution >= 0.6 is 11.6 Å². The molecule has 0 unspecified atom stereocenters. The number of aliphatic hydroxyl groups is 1. The first-order valence-corrected chi connectivity index (χ1v) is 15.5. The second kappa shape index (κ2) is 13.1. The molecule has 6 rings (SSSR count). The third-order valence-corrected chi connectivity index (χ3v) is 8.24.